The van der Waals surface area contributed by atoms with Gasteiger partial charge in [-0.15, -0.1) is 0 Å². The highest BCUT2D eigenvalue weighted by molar-refractivity contribution is 9.10. The molecule has 0 aliphatic heterocycles. The van der Waals surface area contributed by atoms with Crippen molar-refractivity contribution in [2.75, 3.05) is 32.1 Å². The van der Waals surface area contributed by atoms with E-state index in [-0.39, 0.29) is 4.47 Å². The Morgan fingerprint density at radius 1 is 1.50 bits per heavy atom. The quantitative estimate of drug-likeness (QED) is 0.787. The highest BCUT2D eigenvalue weighted by atomic mass is 79.9. The Labute approximate surface area is 122 Å². The van der Waals surface area contributed by atoms with Crippen molar-refractivity contribution in [2.24, 2.45) is 0 Å². The van der Waals surface area contributed by atoms with E-state index in [1.54, 1.807) is 11.9 Å². The molecule has 5 nitrogen and oxygen atoms in total. The molecule has 1 N–H and O–H groups in total. The van der Waals surface area contributed by atoms with E-state index < -0.39 is 18.3 Å². The molecule has 0 radical (unpaired) electrons. The molecule has 9 heteroatoms. The van der Waals surface area contributed by atoms with Gasteiger partial charge in [-0.1, -0.05) is 0 Å². The predicted octanol–water partition coefficient (Wildman–Crippen LogP) is 1.61. The van der Waals surface area contributed by atoms with Gasteiger partial charge < -0.3 is 10.2 Å². The van der Waals surface area contributed by atoms with Crippen LogP contribution in [0.15, 0.2) is 15.5 Å². The monoisotopic (exact) mass is 356 g/mol. The molecular formula is C11H16BrF3N4O. The Morgan fingerprint density at radius 3 is 2.70 bits per heavy atom. The van der Waals surface area contributed by atoms with E-state index in [1.165, 1.54) is 6.20 Å². The molecule has 20 heavy (non-hydrogen) atoms. The first kappa shape index (κ1) is 17.0. The van der Waals surface area contributed by atoms with Gasteiger partial charge in [0.2, 0.25) is 0 Å². The molecule has 1 rings (SSSR count). The van der Waals surface area contributed by atoms with Crippen molar-refractivity contribution in [1.82, 2.24) is 15.1 Å². The van der Waals surface area contributed by atoms with Crippen LogP contribution in [0.2, 0.25) is 0 Å². The van der Waals surface area contributed by atoms with Gasteiger partial charge in [-0.3, -0.25) is 4.79 Å². The van der Waals surface area contributed by atoms with Crippen LogP contribution in [-0.4, -0.2) is 43.1 Å². The molecule has 0 aliphatic carbocycles. The second-order valence-corrected chi connectivity index (χ2v) is 5.09. The van der Waals surface area contributed by atoms with Gasteiger partial charge in [-0.25, -0.2) is 4.68 Å². The number of alkyl halides is 3. The maximum absolute atomic E-state index is 12.3. The number of aromatic nitrogens is 2. The van der Waals surface area contributed by atoms with Gasteiger partial charge >= 0.3 is 6.18 Å². The van der Waals surface area contributed by atoms with Crippen LogP contribution in [0.1, 0.15) is 6.42 Å². The minimum absolute atomic E-state index is 0.0868. The Hall–Kier alpha value is -1.09. The summed E-state index contributed by atoms with van der Waals surface area (Å²) in [6.45, 7) is 0.0680. The second kappa shape index (κ2) is 7.07. The molecule has 1 aromatic heterocycles. The van der Waals surface area contributed by atoms with Crippen LogP contribution < -0.4 is 15.8 Å². The van der Waals surface area contributed by atoms with E-state index in [2.05, 4.69) is 26.3 Å². The Morgan fingerprint density at radius 2 is 2.15 bits per heavy atom. The lowest BCUT2D eigenvalue weighted by atomic mass is 10.3. The molecule has 0 aromatic carbocycles. The van der Waals surface area contributed by atoms with Crippen LogP contribution in [-0.2, 0) is 6.54 Å². The molecular weight excluding hydrogens is 341 g/mol. The standard InChI is InChI=1S/C11H16BrF3N4O/c1-16-4-3-5-18(2)8-6-17-19(7-11(13,14)15)10(20)9(8)12/h6,16H,3-5,7H2,1-2H3. The molecule has 0 spiro atoms. The second-order valence-electron chi connectivity index (χ2n) is 4.30. The number of nitrogens with one attached hydrogen (secondary N) is 1. The summed E-state index contributed by atoms with van der Waals surface area (Å²) in [4.78, 5) is 13.6. The van der Waals surface area contributed by atoms with Crippen LogP contribution in [0.4, 0.5) is 18.9 Å². The van der Waals surface area contributed by atoms with Gasteiger partial charge in [0, 0.05) is 13.6 Å². The van der Waals surface area contributed by atoms with Gasteiger partial charge in [-0.05, 0) is 35.9 Å². The summed E-state index contributed by atoms with van der Waals surface area (Å²) in [5.74, 6) is 0. The molecule has 0 atom stereocenters. The van der Waals surface area contributed by atoms with Crippen molar-refractivity contribution in [3.8, 4) is 0 Å². The number of rotatable bonds is 6. The third kappa shape index (κ3) is 4.78. The summed E-state index contributed by atoms with van der Waals surface area (Å²) < 4.78 is 37.3. The summed E-state index contributed by atoms with van der Waals surface area (Å²) in [6.07, 6.45) is -2.38. The van der Waals surface area contributed by atoms with Crippen LogP contribution >= 0.6 is 15.9 Å². The fraction of sp³-hybridized carbons (Fsp3) is 0.636. The number of halogens is 4. The predicted molar refractivity (Wildman–Crippen MR) is 74.1 cm³/mol. The van der Waals surface area contributed by atoms with Gasteiger partial charge in [0.05, 0.1) is 11.9 Å². The van der Waals surface area contributed by atoms with Crippen molar-refractivity contribution in [1.29, 1.82) is 0 Å². The fourth-order valence-electron chi connectivity index (χ4n) is 1.62. The summed E-state index contributed by atoms with van der Waals surface area (Å²) in [5, 5.41) is 6.56. The van der Waals surface area contributed by atoms with Crippen molar-refractivity contribution in [3.63, 3.8) is 0 Å². The third-order valence-electron chi connectivity index (χ3n) is 2.63. The number of hydrogen-bond donors (Lipinski definition) is 1. The number of hydrogen-bond acceptors (Lipinski definition) is 4. The molecule has 0 amide bonds. The maximum atomic E-state index is 12.3. The molecule has 0 saturated carbocycles. The molecule has 0 aliphatic rings. The minimum Gasteiger partial charge on any atom is -0.372 e. The van der Waals surface area contributed by atoms with Crippen LogP contribution in [0.25, 0.3) is 0 Å². The van der Waals surface area contributed by atoms with Gasteiger partial charge in [-0.2, -0.15) is 18.3 Å². The van der Waals surface area contributed by atoms with E-state index in [4.69, 9.17) is 0 Å². The first-order chi connectivity index (χ1) is 9.26. The lowest BCUT2D eigenvalue weighted by molar-refractivity contribution is -0.143. The van der Waals surface area contributed by atoms with E-state index in [0.717, 1.165) is 13.0 Å². The molecule has 1 aromatic rings. The zero-order chi connectivity index (χ0) is 15.3. The van der Waals surface area contributed by atoms with E-state index in [0.29, 0.717) is 16.9 Å². The zero-order valence-electron chi connectivity index (χ0n) is 11.2. The lowest BCUT2D eigenvalue weighted by Crippen LogP contribution is -2.32. The largest absolute Gasteiger partial charge is 0.408 e. The first-order valence-corrected chi connectivity index (χ1v) is 6.73. The summed E-state index contributed by atoms with van der Waals surface area (Å²) >= 11 is 3.05. The van der Waals surface area contributed by atoms with Gasteiger partial charge in [0.1, 0.15) is 11.0 Å². The van der Waals surface area contributed by atoms with Crippen molar-refractivity contribution in [2.45, 2.75) is 19.1 Å². The summed E-state index contributed by atoms with van der Waals surface area (Å²) in [5.41, 5.74) is -0.315. The Bertz CT molecular complexity index is 503. The molecule has 114 valence electrons. The Kier molecular flexibility index (Phi) is 6.00. The lowest BCUT2D eigenvalue weighted by Gasteiger charge is -2.20. The SMILES string of the molecule is CNCCCN(C)c1cnn(CC(F)(F)F)c(=O)c1Br. The number of nitrogens with zero attached hydrogens (tertiary/aromatic N) is 3. The first-order valence-electron chi connectivity index (χ1n) is 5.94. The fourth-order valence-corrected chi connectivity index (χ4v) is 2.23. The third-order valence-corrected chi connectivity index (χ3v) is 3.37. The number of anilines is 1. The molecule has 0 saturated heterocycles. The summed E-state index contributed by atoms with van der Waals surface area (Å²) in [6, 6.07) is 0. The van der Waals surface area contributed by atoms with Crippen molar-refractivity contribution < 1.29 is 13.2 Å². The molecule has 1 heterocycles. The van der Waals surface area contributed by atoms with Crippen LogP contribution in [0.5, 0.6) is 0 Å². The summed E-state index contributed by atoms with van der Waals surface area (Å²) in [7, 11) is 3.58. The van der Waals surface area contributed by atoms with Gasteiger partial charge in [0.25, 0.3) is 5.56 Å². The maximum Gasteiger partial charge on any atom is 0.408 e. The van der Waals surface area contributed by atoms with E-state index in [9.17, 15) is 18.0 Å². The van der Waals surface area contributed by atoms with Crippen molar-refractivity contribution >= 4 is 21.6 Å². The molecule has 0 bridgehead atoms. The highest BCUT2D eigenvalue weighted by Crippen LogP contribution is 2.22. The normalized spacial score (nSPS) is 11.7. The zero-order valence-corrected chi connectivity index (χ0v) is 12.8. The average molecular weight is 357 g/mol. The highest BCUT2D eigenvalue weighted by Gasteiger charge is 2.29. The van der Waals surface area contributed by atoms with Crippen LogP contribution in [0, 0.1) is 0 Å². The molecule has 0 fully saturated rings. The van der Waals surface area contributed by atoms with E-state index >= 15 is 0 Å². The average Bonchev–Trinajstić information content (AvgIpc) is 2.34. The van der Waals surface area contributed by atoms with Crippen LogP contribution in [0.3, 0.4) is 0 Å². The minimum atomic E-state index is -4.48. The van der Waals surface area contributed by atoms with Gasteiger partial charge in [0.15, 0.2) is 0 Å². The van der Waals surface area contributed by atoms with Crippen molar-refractivity contribution in [3.05, 3.63) is 21.0 Å². The van der Waals surface area contributed by atoms with E-state index in [1.807, 2.05) is 7.05 Å². The smallest absolute Gasteiger partial charge is 0.372 e. The molecule has 0 unspecified atom stereocenters. The Balaban J connectivity index is 2.91. The topological polar surface area (TPSA) is 50.2 Å².